The molecule has 2 atom stereocenters. The van der Waals surface area contributed by atoms with Gasteiger partial charge in [-0.25, -0.2) is 0 Å². The highest BCUT2D eigenvalue weighted by Gasteiger charge is 2.30. The molecule has 1 heterocycles. The van der Waals surface area contributed by atoms with Crippen LogP contribution in [0.2, 0.25) is 0 Å². The number of ether oxygens (including phenoxy) is 1. The van der Waals surface area contributed by atoms with Crippen LogP contribution in [0.1, 0.15) is 43.4 Å². The molecule has 0 radical (unpaired) electrons. The molecular weight excluding hydrogens is 279 g/mol. The largest absolute Gasteiger partial charge is 0.389 e. The van der Waals surface area contributed by atoms with Crippen molar-refractivity contribution in [1.29, 1.82) is 0 Å². The van der Waals surface area contributed by atoms with Crippen molar-refractivity contribution < 1.29 is 17.9 Å². The van der Waals surface area contributed by atoms with Gasteiger partial charge in [0.15, 0.2) is 0 Å². The van der Waals surface area contributed by atoms with Gasteiger partial charge in [-0.1, -0.05) is 31.2 Å². The van der Waals surface area contributed by atoms with Crippen molar-refractivity contribution in [2.75, 3.05) is 13.2 Å². The Balaban J connectivity index is 2.00. The Labute approximate surface area is 123 Å². The summed E-state index contributed by atoms with van der Waals surface area (Å²) in [6.45, 7) is 3.22. The number of benzene rings is 1. The smallest absolute Gasteiger partial charge is 0.373 e. The average Bonchev–Trinajstić information content (AvgIpc) is 2.44. The summed E-state index contributed by atoms with van der Waals surface area (Å²) < 4.78 is 43.0. The van der Waals surface area contributed by atoms with Gasteiger partial charge in [-0.2, -0.15) is 13.2 Å². The fraction of sp³-hybridized carbons (Fsp3) is 0.625. The van der Waals surface area contributed by atoms with E-state index >= 15 is 0 Å². The van der Waals surface area contributed by atoms with Gasteiger partial charge in [0.2, 0.25) is 0 Å². The molecule has 0 fully saturated rings. The maximum Gasteiger partial charge on any atom is 0.389 e. The Morgan fingerprint density at radius 3 is 2.81 bits per heavy atom. The van der Waals surface area contributed by atoms with Crippen molar-refractivity contribution in [3.05, 3.63) is 35.4 Å². The fourth-order valence-corrected chi connectivity index (χ4v) is 2.86. The molecule has 0 bridgehead atoms. The minimum absolute atomic E-state index is 0.0966. The van der Waals surface area contributed by atoms with Gasteiger partial charge >= 0.3 is 6.18 Å². The van der Waals surface area contributed by atoms with E-state index in [0.29, 0.717) is 19.6 Å². The highest BCUT2D eigenvalue weighted by molar-refractivity contribution is 5.31. The molecule has 21 heavy (non-hydrogen) atoms. The molecule has 5 heteroatoms. The van der Waals surface area contributed by atoms with Crippen LogP contribution in [0.15, 0.2) is 24.3 Å². The molecule has 1 aliphatic rings. The first-order chi connectivity index (χ1) is 9.99. The van der Waals surface area contributed by atoms with Crippen molar-refractivity contribution in [2.24, 2.45) is 0 Å². The molecule has 1 aromatic carbocycles. The van der Waals surface area contributed by atoms with Gasteiger partial charge in [0.25, 0.3) is 0 Å². The highest BCUT2D eigenvalue weighted by Crippen LogP contribution is 2.32. The Morgan fingerprint density at radius 2 is 2.10 bits per heavy atom. The topological polar surface area (TPSA) is 21.3 Å². The van der Waals surface area contributed by atoms with E-state index in [1.165, 1.54) is 5.56 Å². The Bertz CT molecular complexity index is 447. The second-order valence-corrected chi connectivity index (χ2v) is 5.45. The zero-order valence-electron chi connectivity index (χ0n) is 12.2. The number of fused-ring (bicyclic) bond motifs is 1. The predicted molar refractivity (Wildman–Crippen MR) is 76.2 cm³/mol. The molecule has 2 unspecified atom stereocenters. The normalized spacial score (nSPS) is 20.1. The lowest BCUT2D eigenvalue weighted by molar-refractivity contribution is -0.137. The van der Waals surface area contributed by atoms with Crippen LogP contribution < -0.4 is 5.32 Å². The van der Waals surface area contributed by atoms with Gasteiger partial charge in [0, 0.05) is 12.5 Å². The van der Waals surface area contributed by atoms with Crippen LogP contribution in [0, 0.1) is 0 Å². The summed E-state index contributed by atoms with van der Waals surface area (Å²) in [5.74, 6) is 0. The standard InChI is InChI=1S/C16H22F3NO/c1-2-20-13(7-9-16(17,18)19)11-15-14-6-4-3-5-12(14)8-10-21-15/h3-6,13,15,20H,2,7-11H2,1H3. The fourth-order valence-electron chi connectivity index (χ4n) is 2.86. The summed E-state index contributed by atoms with van der Waals surface area (Å²) >= 11 is 0. The lowest BCUT2D eigenvalue weighted by atomic mass is 9.92. The van der Waals surface area contributed by atoms with Crippen molar-refractivity contribution in [3.63, 3.8) is 0 Å². The van der Waals surface area contributed by atoms with Crippen LogP contribution in [0.25, 0.3) is 0 Å². The second-order valence-electron chi connectivity index (χ2n) is 5.45. The zero-order chi connectivity index (χ0) is 15.3. The van der Waals surface area contributed by atoms with Gasteiger partial charge in [-0.05, 0) is 36.9 Å². The van der Waals surface area contributed by atoms with Crippen LogP contribution in [-0.2, 0) is 11.2 Å². The van der Waals surface area contributed by atoms with E-state index in [4.69, 9.17) is 4.74 Å². The predicted octanol–water partition coefficient (Wildman–Crippen LogP) is 4.01. The second kappa shape index (κ2) is 7.27. The molecule has 1 aromatic rings. The van der Waals surface area contributed by atoms with Gasteiger partial charge < -0.3 is 10.1 Å². The molecule has 0 aromatic heterocycles. The molecule has 118 valence electrons. The molecule has 2 nitrogen and oxygen atoms in total. The number of rotatable bonds is 6. The monoisotopic (exact) mass is 301 g/mol. The molecular formula is C16H22F3NO. The van der Waals surface area contributed by atoms with E-state index < -0.39 is 12.6 Å². The minimum atomic E-state index is -4.10. The summed E-state index contributed by atoms with van der Waals surface area (Å²) in [7, 11) is 0. The summed E-state index contributed by atoms with van der Waals surface area (Å²) in [6, 6.07) is 7.87. The maximum absolute atomic E-state index is 12.4. The summed E-state index contributed by atoms with van der Waals surface area (Å²) in [4.78, 5) is 0. The van der Waals surface area contributed by atoms with Gasteiger partial charge in [0.1, 0.15) is 0 Å². The van der Waals surface area contributed by atoms with Crippen molar-refractivity contribution in [3.8, 4) is 0 Å². The molecule has 1 aliphatic heterocycles. The van der Waals surface area contributed by atoms with Crippen molar-refractivity contribution >= 4 is 0 Å². The Morgan fingerprint density at radius 1 is 1.33 bits per heavy atom. The Hall–Kier alpha value is -1.07. The lowest BCUT2D eigenvalue weighted by Gasteiger charge is -2.30. The third-order valence-electron chi connectivity index (χ3n) is 3.86. The zero-order valence-corrected chi connectivity index (χ0v) is 12.2. The molecule has 0 spiro atoms. The molecule has 2 rings (SSSR count). The maximum atomic E-state index is 12.4. The van der Waals surface area contributed by atoms with E-state index in [0.717, 1.165) is 12.0 Å². The lowest BCUT2D eigenvalue weighted by Crippen LogP contribution is -2.33. The first-order valence-corrected chi connectivity index (χ1v) is 7.49. The van der Waals surface area contributed by atoms with Crippen LogP contribution in [0.5, 0.6) is 0 Å². The third kappa shape index (κ3) is 5.00. The molecule has 0 aliphatic carbocycles. The SMILES string of the molecule is CCNC(CCC(F)(F)F)CC1OCCc2ccccc21. The van der Waals surface area contributed by atoms with Gasteiger partial charge in [-0.15, -0.1) is 0 Å². The number of hydrogen-bond acceptors (Lipinski definition) is 2. The number of nitrogens with one attached hydrogen (secondary N) is 1. The number of alkyl halides is 3. The van der Waals surface area contributed by atoms with Gasteiger partial charge in [-0.3, -0.25) is 0 Å². The first-order valence-electron chi connectivity index (χ1n) is 7.49. The molecule has 0 saturated heterocycles. The van der Waals surface area contributed by atoms with Crippen LogP contribution >= 0.6 is 0 Å². The molecule has 1 N–H and O–H groups in total. The third-order valence-corrected chi connectivity index (χ3v) is 3.86. The highest BCUT2D eigenvalue weighted by atomic mass is 19.4. The average molecular weight is 301 g/mol. The number of halogens is 3. The first kappa shape index (κ1) is 16.3. The van der Waals surface area contributed by atoms with Gasteiger partial charge in [0.05, 0.1) is 12.7 Å². The Kier molecular flexibility index (Phi) is 5.65. The summed E-state index contributed by atoms with van der Waals surface area (Å²) in [6.07, 6.45) is -3.40. The van der Waals surface area contributed by atoms with Crippen LogP contribution in [-0.4, -0.2) is 25.4 Å². The van der Waals surface area contributed by atoms with Crippen LogP contribution in [0.4, 0.5) is 13.2 Å². The van der Waals surface area contributed by atoms with E-state index in [-0.39, 0.29) is 18.6 Å². The quantitative estimate of drug-likeness (QED) is 0.857. The summed E-state index contributed by atoms with van der Waals surface area (Å²) in [5, 5.41) is 3.15. The van der Waals surface area contributed by atoms with E-state index in [2.05, 4.69) is 11.4 Å². The van der Waals surface area contributed by atoms with E-state index in [1.807, 2.05) is 25.1 Å². The van der Waals surface area contributed by atoms with E-state index in [1.54, 1.807) is 0 Å². The van der Waals surface area contributed by atoms with Crippen molar-refractivity contribution in [2.45, 2.75) is 50.9 Å². The van der Waals surface area contributed by atoms with E-state index in [9.17, 15) is 13.2 Å². The molecule has 0 saturated carbocycles. The van der Waals surface area contributed by atoms with Crippen molar-refractivity contribution in [1.82, 2.24) is 5.32 Å². The summed E-state index contributed by atoms with van der Waals surface area (Å²) in [5.41, 5.74) is 2.37. The molecule has 0 amide bonds. The number of hydrogen-bond donors (Lipinski definition) is 1. The van der Waals surface area contributed by atoms with Crippen LogP contribution in [0.3, 0.4) is 0 Å². The minimum Gasteiger partial charge on any atom is -0.373 e.